The van der Waals surface area contributed by atoms with E-state index >= 15 is 0 Å². The Morgan fingerprint density at radius 1 is 1.04 bits per heavy atom. The number of rotatable bonds is 7. The number of hydrazine groups is 1. The summed E-state index contributed by atoms with van der Waals surface area (Å²) in [7, 11) is 0. The summed E-state index contributed by atoms with van der Waals surface area (Å²) in [6.07, 6.45) is 0.0285. The van der Waals surface area contributed by atoms with Crippen LogP contribution in [0.5, 0.6) is 0 Å². The van der Waals surface area contributed by atoms with Crippen LogP contribution in [0.15, 0.2) is 49.0 Å². The fourth-order valence-corrected chi connectivity index (χ4v) is 2.36. The van der Waals surface area contributed by atoms with Crippen LogP contribution in [0.3, 0.4) is 0 Å². The van der Waals surface area contributed by atoms with Crippen molar-refractivity contribution in [3.8, 4) is 0 Å². The molecule has 0 saturated heterocycles. The molecular formula is C19H19ClFN3O2. The quantitative estimate of drug-likeness (QED) is 0.645. The van der Waals surface area contributed by atoms with Crippen LogP contribution < -0.4 is 16.2 Å². The molecule has 5 nitrogen and oxygen atoms in total. The van der Waals surface area contributed by atoms with Crippen LogP contribution in [0.2, 0.25) is 5.02 Å². The lowest BCUT2D eigenvalue weighted by molar-refractivity contribution is -0.124. The highest BCUT2D eigenvalue weighted by Crippen LogP contribution is 2.19. The van der Waals surface area contributed by atoms with Gasteiger partial charge in [0, 0.05) is 23.6 Å². The molecule has 0 spiro atoms. The molecule has 136 valence electrons. The second-order valence-electron chi connectivity index (χ2n) is 5.67. The summed E-state index contributed by atoms with van der Waals surface area (Å²) in [5.41, 5.74) is 7.65. The molecule has 0 aliphatic heterocycles. The van der Waals surface area contributed by atoms with Gasteiger partial charge in [-0.15, -0.1) is 0 Å². The Kier molecular flexibility index (Phi) is 6.74. The number of amides is 2. The number of hydrogen-bond donors (Lipinski definition) is 3. The molecule has 0 atom stereocenters. The molecule has 0 fully saturated rings. The molecule has 0 radical (unpaired) electrons. The SMILES string of the molecule is C=C(NNC(=O)CCC(=O)Nc1ccc(Cl)cc1C)c1ccc(F)cc1. The molecule has 2 rings (SSSR count). The summed E-state index contributed by atoms with van der Waals surface area (Å²) in [6.45, 7) is 5.59. The molecule has 0 saturated carbocycles. The average molecular weight is 376 g/mol. The summed E-state index contributed by atoms with van der Waals surface area (Å²) in [4.78, 5) is 23.8. The van der Waals surface area contributed by atoms with Crippen molar-refractivity contribution in [1.82, 2.24) is 10.9 Å². The minimum Gasteiger partial charge on any atom is -0.326 e. The van der Waals surface area contributed by atoms with Crippen LogP contribution in [0.4, 0.5) is 10.1 Å². The van der Waals surface area contributed by atoms with E-state index in [-0.39, 0.29) is 30.5 Å². The van der Waals surface area contributed by atoms with Gasteiger partial charge in [0.25, 0.3) is 0 Å². The Morgan fingerprint density at radius 2 is 1.69 bits per heavy atom. The number of carbonyl (C=O) groups is 2. The Bertz CT molecular complexity index is 822. The van der Waals surface area contributed by atoms with Crippen molar-refractivity contribution >= 4 is 34.8 Å². The highest BCUT2D eigenvalue weighted by molar-refractivity contribution is 6.30. The van der Waals surface area contributed by atoms with Crippen molar-refractivity contribution < 1.29 is 14.0 Å². The van der Waals surface area contributed by atoms with Gasteiger partial charge in [-0.25, -0.2) is 4.39 Å². The van der Waals surface area contributed by atoms with Crippen LogP contribution in [-0.2, 0) is 9.59 Å². The van der Waals surface area contributed by atoms with Gasteiger partial charge >= 0.3 is 0 Å². The third-order valence-corrected chi connectivity index (χ3v) is 3.82. The van der Waals surface area contributed by atoms with Crippen LogP contribution in [0, 0.1) is 12.7 Å². The smallest absolute Gasteiger partial charge is 0.238 e. The summed E-state index contributed by atoms with van der Waals surface area (Å²) in [5.74, 6) is -0.994. The number of nitrogens with one attached hydrogen (secondary N) is 3. The lowest BCUT2D eigenvalue weighted by Gasteiger charge is -2.12. The molecule has 0 aliphatic rings. The second-order valence-corrected chi connectivity index (χ2v) is 6.10. The van der Waals surface area contributed by atoms with Gasteiger partial charge in [0.2, 0.25) is 11.8 Å². The van der Waals surface area contributed by atoms with Crippen molar-refractivity contribution in [2.75, 3.05) is 5.32 Å². The van der Waals surface area contributed by atoms with Crippen molar-refractivity contribution in [2.24, 2.45) is 0 Å². The third-order valence-electron chi connectivity index (χ3n) is 3.59. The van der Waals surface area contributed by atoms with Crippen LogP contribution in [-0.4, -0.2) is 11.8 Å². The summed E-state index contributed by atoms with van der Waals surface area (Å²) >= 11 is 5.87. The predicted molar refractivity (Wildman–Crippen MR) is 101 cm³/mol. The van der Waals surface area contributed by atoms with Crippen molar-refractivity contribution in [3.63, 3.8) is 0 Å². The van der Waals surface area contributed by atoms with Crippen molar-refractivity contribution in [1.29, 1.82) is 0 Å². The fourth-order valence-electron chi connectivity index (χ4n) is 2.14. The zero-order chi connectivity index (χ0) is 19.1. The van der Waals surface area contributed by atoms with Crippen LogP contribution in [0.1, 0.15) is 24.0 Å². The van der Waals surface area contributed by atoms with E-state index in [0.717, 1.165) is 5.56 Å². The van der Waals surface area contributed by atoms with Crippen LogP contribution in [0.25, 0.3) is 5.70 Å². The lowest BCUT2D eigenvalue weighted by atomic mass is 10.2. The second kappa shape index (κ2) is 9.01. The first-order valence-corrected chi connectivity index (χ1v) is 8.28. The maximum absolute atomic E-state index is 12.9. The lowest BCUT2D eigenvalue weighted by Crippen LogP contribution is -2.36. The van der Waals surface area contributed by atoms with Crippen molar-refractivity contribution in [3.05, 3.63) is 71.0 Å². The molecule has 3 N–H and O–H groups in total. The molecule has 2 amide bonds. The van der Waals surface area contributed by atoms with E-state index in [1.165, 1.54) is 12.1 Å². The molecule has 0 bridgehead atoms. The molecule has 0 aliphatic carbocycles. The standard InChI is InChI=1S/C19H19ClFN3O2/c1-12-11-15(20)5-8-17(12)22-18(25)9-10-19(26)24-23-13(2)14-3-6-16(21)7-4-14/h3-8,11,23H,2,9-10H2,1H3,(H,22,25)(H,24,26). The molecular weight excluding hydrogens is 357 g/mol. The zero-order valence-electron chi connectivity index (χ0n) is 14.2. The molecule has 26 heavy (non-hydrogen) atoms. The first kappa shape index (κ1) is 19.5. The van der Waals surface area contributed by atoms with Crippen LogP contribution >= 0.6 is 11.6 Å². The maximum Gasteiger partial charge on any atom is 0.238 e. The van der Waals surface area contributed by atoms with E-state index in [9.17, 15) is 14.0 Å². The molecule has 2 aromatic carbocycles. The first-order chi connectivity index (χ1) is 12.3. The Morgan fingerprint density at radius 3 is 2.35 bits per heavy atom. The van der Waals surface area contributed by atoms with Gasteiger partial charge in [0.05, 0.1) is 5.70 Å². The number of anilines is 1. The summed E-state index contributed by atoms with van der Waals surface area (Å²) in [5, 5.41) is 3.33. The van der Waals surface area contributed by atoms with Gasteiger partial charge < -0.3 is 5.32 Å². The molecule has 0 heterocycles. The van der Waals surface area contributed by atoms with Gasteiger partial charge in [-0.2, -0.15) is 0 Å². The third kappa shape index (κ3) is 5.89. The average Bonchev–Trinajstić information content (AvgIpc) is 2.61. The number of aryl methyl sites for hydroxylation is 1. The summed E-state index contributed by atoms with van der Waals surface area (Å²) in [6, 6.07) is 10.8. The molecule has 0 aromatic heterocycles. The van der Waals surface area contributed by atoms with E-state index in [1.54, 1.807) is 30.3 Å². The summed E-state index contributed by atoms with van der Waals surface area (Å²) < 4.78 is 12.9. The molecule has 2 aromatic rings. The number of benzene rings is 2. The highest BCUT2D eigenvalue weighted by atomic mass is 35.5. The Hall–Kier alpha value is -2.86. The Labute approximate surface area is 156 Å². The van der Waals surface area contributed by atoms with Gasteiger partial charge in [-0.05, 0) is 60.5 Å². The zero-order valence-corrected chi connectivity index (χ0v) is 15.0. The Balaban J connectivity index is 1.74. The van der Waals surface area contributed by atoms with E-state index in [4.69, 9.17) is 11.6 Å². The fraction of sp³-hybridized carbons (Fsp3) is 0.158. The maximum atomic E-state index is 12.9. The van der Waals surface area contributed by atoms with E-state index < -0.39 is 0 Å². The topological polar surface area (TPSA) is 70.2 Å². The van der Waals surface area contributed by atoms with Gasteiger partial charge in [-0.1, -0.05) is 18.2 Å². The van der Waals surface area contributed by atoms with Gasteiger partial charge in [0.1, 0.15) is 5.82 Å². The first-order valence-electron chi connectivity index (χ1n) is 7.91. The molecule has 7 heteroatoms. The largest absolute Gasteiger partial charge is 0.326 e. The number of halogens is 2. The monoisotopic (exact) mass is 375 g/mol. The normalized spacial score (nSPS) is 10.1. The number of carbonyl (C=O) groups excluding carboxylic acids is 2. The van der Waals surface area contributed by atoms with Gasteiger partial charge in [0.15, 0.2) is 0 Å². The highest BCUT2D eigenvalue weighted by Gasteiger charge is 2.09. The minimum absolute atomic E-state index is 0.00215. The van der Waals surface area contributed by atoms with Gasteiger partial charge in [-0.3, -0.25) is 20.4 Å². The predicted octanol–water partition coefficient (Wildman–Crippen LogP) is 3.80. The van der Waals surface area contributed by atoms with E-state index in [0.29, 0.717) is 22.0 Å². The van der Waals surface area contributed by atoms with Crippen molar-refractivity contribution in [2.45, 2.75) is 19.8 Å². The molecule has 0 unspecified atom stereocenters. The van der Waals surface area contributed by atoms with E-state index in [1.807, 2.05) is 6.92 Å². The van der Waals surface area contributed by atoms with E-state index in [2.05, 4.69) is 22.7 Å². The minimum atomic E-state index is -0.365. The number of hydrogen-bond acceptors (Lipinski definition) is 3.